The Morgan fingerprint density at radius 1 is 1.09 bits per heavy atom. The summed E-state index contributed by atoms with van der Waals surface area (Å²) in [4.78, 5) is 16.5. The third kappa shape index (κ3) is 3.83. The molecule has 0 aliphatic rings. The SMILES string of the molecule is O=C(NCc1csc(-c2ccccc2)n1)C(O)c1ccccc1. The van der Waals surface area contributed by atoms with Crippen molar-refractivity contribution in [3.8, 4) is 10.6 Å². The molecule has 116 valence electrons. The Hall–Kier alpha value is -2.50. The van der Waals surface area contributed by atoms with Gasteiger partial charge >= 0.3 is 0 Å². The van der Waals surface area contributed by atoms with E-state index in [0.29, 0.717) is 12.1 Å². The highest BCUT2D eigenvalue weighted by molar-refractivity contribution is 7.13. The van der Waals surface area contributed by atoms with Gasteiger partial charge in [0.05, 0.1) is 12.2 Å². The van der Waals surface area contributed by atoms with Gasteiger partial charge in [0, 0.05) is 10.9 Å². The van der Waals surface area contributed by atoms with Gasteiger partial charge in [-0.15, -0.1) is 11.3 Å². The number of thiazole rings is 1. The van der Waals surface area contributed by atoms with Crippen molar-refractivity contribution in [1.29, 1.82) is 0 Å². The second kappa shape index (κ2) is 7.17. The van der Waals surface area contributed by atoms with E-state index in [1.807, 2.05) is 41.8 Å². The first kappa shape index (κ1) is 15.4. The van der Waals surface area contributed by atoms with E-state index in [0.717, 1.165) is 16.3 Å². The number of aliphatic hydroxyl groups is 1. The van der Waals surface area contributed by atoms with Gasteiger partial charge in [-0.3, -0.25) is 4.79 Å². The molecule has 23 heavy (non-hydrogen) atoms. The predicted octanol–water partition coefficient (Wildman–Crippen LogP) is 3.16. The van der Waals surface area contributed by atoms with Gasteiger partial charge in [-0.1, -0.05) is 60.7 Å². The van der Waals surface area contributed by atoms with Gasteiger partial charge in [0.2, 0.25) is 0 Å². The van der Waals surface area contributed by atoms with Gasteiger partial charge in [0.1, 0.15) is 5.01 Å². The first-order chi connectivity index (χ1) is 11.2. The fraction of sp³-hybridized carbons (Fsp3) is 0.111. The van der Waals surface area contributed by atoms with Crippen LogP contribution in [-0.4, -0.2) is 16.0 Å². The van der Waals surface area contributed by atoms with E-state index in [-0.39, 0.29) is 0 Å². The normalized spacial score (nSPS) is 11.9. The molecule has 2 N–H and O–H groups in total. The number of rotatable bonds is 5. The molecule has 3 aromatic rings. The van der Waals surface area contributed by atoms with Crippen molar-refractivity contribution in [2.45, 2.75) is 12.6 Å². The maximum atomic E-state index is 12.0. The molecule has 5 heteroatoms. The second-order valence-electron chi connectivity index (χ2n) is 5.04. The molecule has 0 fully saturated rings. The number of nitrogens with one attached hydrogen (secondary N) is 1. The lowest BCUT2D eigenvalue weighted by Crippen LogP contribution is -2.28. The summed E-state index contributed by atoms with van der Waals surface area (Å²) >= 11 is 1.53. The standard InChI is InChI=1S/C18H16N2O2S/c21-16(13-7-3-1-4-8-13)17(22)19-11-15-12-23-18(20-15)14-9-5-2-6-10-14/h1-10,12,16,21H,11H2,(H,19,22). The average molecular weight is 324 g/mol. The summed E-state index contributed by atoms with van der Waals surface area (Å²) in [6.07, 6.45) is -1.16. The molecule has 0 radical (unpaired) electrons. The molecule has 1 atom stereocenters. The first-order valence-electron chi connectivity index (χ1n) is 7.24. The number of hydrogen-bond donors (Lipinski definition) is 2. The second-order valence-corrected chi connectivity index (χ2v) is 5.90. The molecule has 3 rings (SSSR count). The Morgan fingerprint density at radius 3 is 2.43 bits per heavy atom. The molecule has 1 heterocycles. The van der Waals surface area contributed by atoms with Crippen LogP contribution in [0.4, 0.5) is 0 Å². The van der Waals surface area contributed by atoms with Crippen LogP contribution in [0.2, 0.25) is 0 Å². The molecule has 4 nitrogen and oxygen atoms in total. The Bertz CT molecular complexity index is 772. The summed E-state index contributed by atoms with van der Waals surface area (Å²) in [6, 6.07) is 18.8. The monoisotopic (exact) mass is 324 g/mol. The van der Waals surface area contributed by atoms with E-state index < -0.39 is 12.0 Å². The van der Waals surface area contributed by atoms with Gasteiger partial charge in [-0.2, -0.15) is 0 Å². The third-order valence-electron chi connectivity index (χ3n) is 3.38. The number of benzene rings is 2. The van der Waals surface area contributed by atoms with Crippen LogP contribution >= 0.6 is 11.3 Å². The lowest BCUT2D eigenvalue weighted by molar-refractivity contribution is -0.129. The average Bonchev–Trinajstić information content (AvgIpc) is 3.09. The highest BCUT2D eigenvalue weighted by Gasteiger charge is 2.16. The summed E-state index contributed by atoms with van der Waals surface area (Å²) in [7, 11) is 0. The number of carbonyl (C=O) groups is 1. The number of amides is 1. The highest BCUT2D eigenvalue weighted by atomic mass is 32.1. The van der Waals surface area contributed by atoms with Crippen molar-refractivity contribution in [2.24, 2.45) is 0 Å². The van der Waals surface area contributed by atoms with Crippen LogP contribution in [0.25, 0.3) is 10.6 Å². The number of aliphatic hydroxyl groups excluding tert-OH is 1. The molecule has 0 saturated carbocycles. The fourth-order valence-corrected chi connectivity index (χ4v) is 2.99. The zero-order valence-electron chi connectivity index (χ0n) is 12.3. The Labute approximate surface area is 138 Å². The van der Waals surface area contributed by atoms with Gasteiger partial charge in [-0.25, -0.2) is 4.98 Å². The minimum absolute atomic E-state index is 0.298. The summed E-state index contributed by atoms with van der Waals surface area (Å²) in [6.45, 7) is 0.298. The van der Waals surface area contributed by atoms with Crippen molar-refractivity contribution >= 4 is 17.2 Å². The zero-order chi connectivity index (χ0) is 16.1. The summed E-state index contributed by atoms with van der Waals surface area (Å²) in [5.41, 5.74) is 2.41. The van der Waals surface area contributed by atoms with Crippen LogP contribution in [0, 0.1) is 0 Å². The molecule has 2 aromatic carbocycles. The van der Waals surface area contributed by atoms with Crippen LogP contribution in [0.5, 0.6) is 0 Å². The molecule has 1 aromatic heterocycles. The molecular weight excluding hydrogens is 308 g/mol. The number of aromatic nitrogens is 1. The maximum absolute atomic E-state index is 12.0. The molecular formula is C18H16N2O2S. The van der Waals surface area contributed by atoms with E-state index in [1.165, 1.54) is 11.3 Å². The van der Waals surface area contributed by atoms with Crippen LogP contribution in [0.3, 0.4) is 0 Å². The summed E-state index contributed by atoms with van der Waals surface area (Å²) in [5, 5.41) is 15.6. The van der Waals surface area contributed by atoms with Gasteiger partial charge in [0.15, 0.2) is 6.10 Å². The molecule has 0 aliphatic carbocycles. The molecule has 0 spiro atoms. The first-order valence-corrected chi connectivity index (χ1v) is 8.12. The number of hydrogen-bond acceptors (Lipinski definition) is 4. The van der Waals surface area contributed by atoms with Crippen LogP contribution in [0.15, 0.2) is 66.0 Å². The maximum Gasteiger partial charge on any atom is 0.253 e. The molecule has 1 unspecified atom stereocenters. The summed E-state index contributed by atoms with van der Waals surface area (Å²) in [5.74, 6) is -0.425. The zero-order valence-corrected chi connectivity index (χ0v) is 13.2. The minimum Gasteiger partial charge on any atom is -0.378 e. The number of nitrogens with zero attached hydrogens (tertiary/aromatic N) is 1. The van der Waals surface area contributed by atoms with Gasteiger partial charge < -0.3 is 10.4 Å². The van der Waals surface area contributed by atoms with E-state index in [1.54, 1.807) is 24.3 Å². The third-order valence-corrected chi connectivity index (χ3v) is 4.32. The Balaban J connectivity index is 1.61. The molecule has 0 aliphatic heterocycles. The smallest absolute Gasteiger partial charge is 0.253 e. The molecule has 0 bridgehead atoms. The fourth-order valence-electron chi connectivity index (χ4n) is 2.16. The van der Waals surface area contributed by atoms with Crippen LogP contribution < -0.4 is 5.32 Å². The van der Waals surface area contributed by atoms with Crippen molar-refractivity contribution < 1.29 is 9.90 Å². The van der Waals surface area contributed by atoms with Gasteiger partial charge in [-0.05, 0) is 5.56 Å². The highest BCUT2D eigenvalue weighted by Crippen LogP contribution is 2.23. The van der Waals surface area contributed by atoms with Crippen molar-refractivity contribution in [2.75, 3.05) is 0 Å². The van der Waals surface area contributed by atoms with Crippen LogP contribution in [-0.2, 0) is 11.3 Å². The van der Waals surface area contributed by atoms with E-state index in [2.05, 4.69) is 10.3 Å². The summed E-state index contributed by atoms with van der Waals surface area (Å²) < 4.78 is 0. The van der Waals surface area contributed by atoms with E-state index in [9.17, 15) is 9.90 Å². The lowest BCUT2D eigenvalue weighted by atomic mass is 10.1. The van der Waals surface area contributed by atoms with Gasteiger partial charge in [0.25, 0.3) is 5.91 Å². The quantitative estimate of drug-likeness (QED) is 0.758. The van der Waals surface area contributed by atoms with Crippen molar-refractivity contribution in [3.63, 3.8) is 0 Å². The Kier molecular flexibility index (Phi) is 4.80. The largest absolute Gasteiger partial charge is 0.378 e. The van der Waals surface area contributed by atoms with Crippen LogP contribution in [0.1, 0.15) is 17.4 Å². The van der Waals surface area contributed by atoms with E-state index >= 15 is 0 Å². The predicted molar refractivity (Wildman–Crippen MR) is 90.8 cm³/mol. The van der Waals surface area contributed by atoms with Crippen molar-refractivity contribution in [1.82, 2.24) is 10.3 Å². The Morgan fingerprint density at radius 2 is 1.74 bits per heavy atom. The lowest BCUT2D eigenvalue weighted by Gasteiger charge is -2.10. The molecule has 1 amide bonds. The number of carbonyl (C=O) groups excluding carboxylic acids is 1. The molecule has 0 saturated heterocycles. The topological polar surface area (TPSA) is 62.2 Å². The van der Waals surface area contributed by atoms with E-state index in [4.69, 9.17) is 0 Å². The van der Waals surface area contributed by atoms with Crippen molar-refractivity contribution in [3.05, 3.63) is 77.3 Å². The minimum atomic E-state index is -1.16.